The van der Waals surface area contributed by atoms with E-state index in [2.05, 4.69) is 46.5 Å². The molecule has 0 aliphatic heterocycles. The van der Waals surface area contributed by atoms with Gasteiger partial charge in [-0.1, -0.05) is 11.6 Å². The molecule has 2 aromatic heterocycles. The highest BCUT2D eigenvalue weighted by atomic mass is 16.3. The van der Waals surface area contributed by atoms with Gasteiger partial charge in [0, 0.05) is 35.6 Å². The molecule has 0 saturated heterocycles. The first kappa shape index (κ1) is 18.7. The van der Waals surface area contributed by atoms with Gasteiger partial charge in [-0.3, -0.25) is 4.79 Å². The predicted molar refractivity (Wildman–Crippen MR) is 107 cm³/mol. The van der Waals surface area contributed by atoms with E-state index in [9.17, 15) is 9.90 Å². The average Bonchev–Trinajstić information content (AvgIpc) is 3.12. The van der Waals surface area contributed by atoms with Crippen LogP contribution in [0.5, 0.6) is 0 Å². The molecule has 1 aliphatic rings. The Morgan fingerprint density at radius 3 is 2.71 bits per heavy atom. The van der Waals surface area contributed by atoms with Gasteiger partial charge in [-0.25, -0.2) is 0 Å². The summed E-state index contributed by atoms with van der Waals surface area (Å²) in [5.74, 6) is 1.79. The van der Waals surface area contributed by atoms with Crippen molar-refractivity contribution < 1.29 is 9.90 Å². The predicted octanol–water partition coefficient (Wildman–Crippen LogP) is 2.32. The number of aromatic nitrogens is 4. The number of carbonyl (C=O) groups is 1. The van der Waals surface area contributed by atoms with Crippen molar-refractivity contribution in [2.75, 3.05) is 0 Å². The SMILES string of the molecule is Cc1cc(C)c2[nH]c(C)c(CC(=O)NC3CC(c4nnc(CO)n4C)C3)c2c1. The van der Waals surface area contributed by atoms with Crippen molar-refractivity contribution in [2.45, 2.75) is 58.6 Å². The largest absolute Gasteiger partial charge is 0.388 e. The Morgan fingerprint density at radius 2 is 2.04 bits per heavy atom. The number of carbonyl (C=O) groups excluding carboxylic acids is 1. The molecule has 28 heavy (non-hydrogen) atoms. The molecule has 4 rings (SSSR count). The third-order valence-electron chi connectivity index (χ3n) is 5.92. The maximum Gasteiger partial charge on any atom is 0.224 e. The first-order chi connectivity index (χ1) is 13.4. The minimum atomic E-state index is -0.112. The summed E-state index contributed by atoms with van der Waals surface area (Å²) >= 11 is 0. The molecule has 1 fully saturated rings. The smallest absolute Gasteiger partial charge is 0.224 e. The summed E-state index contributed by atoms with van der Waals surface area (Å²) < 4.78 is 1.85. The fraction of sp³-hybridized carbons (Fsp3) is 0.476. The zero-order valence-corrected chi connectivity index (χ0v) is 16.8. The van der Waals surface area contributed by atoms with E-state index in [4.69, 9.17) is 0 Å². The lowest BCUT2D eigenvalue weighted by atomic mass is 9.79. The molecule has 1 amide bonds. The van der Waals surface area contributed by atoms with Crippen LogP contribution in [-0.2, 0) is 24.9 Å². The van der Waals surface area contributed by atoms with Gasteiger partial charge in [-0.2, -0.15) is 0 Å². The average molecular weight is 381 g/mol. The zero-order chi connectivity index (χ0) is 20.0. The molecule has 0 bridgehead atoms. The van der Waals surface area contributed by atoms with Crippen molar-refractivity contribution >= 4 is 16.8 Å². The lowest BCUT2D eigenvalue weighted by Gasteiger charge is -2.35. The van der Waals surface area contributed by atoms with Crippen LogP contribution in [0, 0.1) is 20.8 Å². The first-order valence-corrected chi connectivity index (χ1v) is 9.74. The second-order valence-corrected chi connectivity index (χ2v) is 8.03. The number of aliphatic hydroxyl groups excluding tert-OH is 1. The van der Waals surface area contributed by atoms with Crippen LogP contribution in [0.1, 0.15) is 52.8 Å². The molecule has 148 valence electrons. The lowest BCUT2D eigenvalue weighted by Crippen LogP contribution is -2.44. The van der Waals surface area contributed by atoms with Crippen LogP contribution in [0.15, 0.2) is 12.1 Å². The highest BCUT2D eigenvalue weighted by Gasteiger charge is 2.35. The second kappa shape index (κ2) is 7.05. The highest BCUT2D eigenvalue weighted by molar-refractivity contribution is 5.92. The van der Waals surface area contributed by atoms with E-state index in [0.29, 0.717) is 12.2 Å². The lowest BCUT2D eigenvalue weighted by molar-refractivity contribution is -0.121. The van der Waals surface area contributed by atoms with E-state index < -0.39 is 0 Å². The third kappa shape index (κ3) is 3.20. The molecule has 3 N–H and O–H groups in total. The number of fused-ring (bicyclic) bond motifs is 1. The molecule has 1 aliphatic carbocycles. The number of rotatable bonds is 5. The van der Waals surface area contributed by atoms with Gasteiger partial charge in [0.25, 0.3) is 0 Å². The van der Waals surface area contributed by atoms with Crippen molar-refractivity contribution in [3.8, 4) is 0 Å². The molecular weight excluding hydrogens is 354 g/mol. The Bertz CT molecular complexity index is 1040. The van der Waals surface area contributed by atoms with E-state index in [1.165, 1.54) is 11.1 Å². The standard InChI is InChI=1S/C21H27N5O2/c1-11-5-12(2)20-17(6-11)16(13(3)22-20)9-19(28)23-15-7-14(8-15)21-25-24-18(10-27)26(21)4/h5-6,14-15,22,27H,7-10H2,1-4H3,(H,23,28). The number of benzene rings is 1. The van der Waals surface area contributed by atoms with Gasteiger partial charge in [0.05, 0.1) is 6.42 Å². The molecule has 2 heterocycles. The van der Waals surface area contributed by atoms with Crippen LogP contribution >= 0.6 is 0 Å². The molecule has 1 saturated carbocycles. The highest BCUT2D eigenvalue weighted by Crippen LogP contribution is 2.36. The molecule has 7 heteroatoms. The molecule has 0 atom stereocenters. The quantitative estimate of drug-likeness (QED) is 0.632. The Labute approximate surface area is 164 Å². The molecule has 3 aromatic rings. The number of nitrogens with zero attached hydrogens (tertiary/aromatic N) is 3. The summed E-state index contributed by atoms with van der Waals surface area (Å²) in [4.78, 5) is 16.1. The molecule has 7 nitrogen and oxygen atoms in total. The van der Waals surface area contributed by atoms with Gasteiger partial charge < -0.3 is 20.0 Å². The summed E-state index contributed by atoms with van der Waals surface area (Å²) in [6, 6.07) is 4.48. The number of aliphatic hydroxyl groups is 1. The van der Waals surface area contributed by atoms with Crippen molar-refractivity contribution in [1.29, 1.82) is 0 Å². The minimum absolute atomic E-state index is 0.0561. The molecule has 1 aromatic carbocycles. The van der Waals surface area contributed by atoms with E-state index >= 15 is 0 Å². The molecular formula is C21H27N5O2. The number of hydrogen-bond donors (Lipinski definition) is 3. The van der Waals surface area contributed by atoms with Crippen molar-refractivity contribution in [2.24, 2.45) is 7.05 Å². The Hall–Kier alpha value is -2.67. The first-order valence-electron chi connectivity index (χ1n) is 9.74. The van der Waals surface area contributed by atoms with Crippen LogP contribution < -0.4 is 5.32 Å². The van der Waals surface area contributed by atoms with Crippen molar-refractivity contribution in [3.63, 3.8) is 0 Å². The summed E-state index contributed by atoms with van der Waals surface area (Å²) in [5, 5.41) is 21.7. The van der Waals surface area contributed by atoms with Crippen LogP contribution in [0.2, 0.25) is 0 Å². The van der Waals surface area contributed by atoms with Crippen LogP contribution in [0.3, 0.4) is 0 Å². The van der Waals surface area contributed by atoms with Crippen LogP contribution in [0.4, 0.5) is 0 Å². The fourth-order valence-corrected chi connectivity index (χ4v) is 4.32. The number of amides is 1. The Balaban J connectivity index is 1.40. The van der Waals surface area contributed by atoms with Gasteiger partial charge in [-0.15, -0.1) is 10.2 Å². The minimum Gasteiger partial charge on any atom is -0.388 e. The number of nitrogens with one attached hydrogen (secondary N) is 2. The summed E-state index contributed by atoms with van der Waals surface area (Å²) in [7, 11) is 1.87. The second-order valence-electron chi connectivity index (χ2n) is 8.03. The molecule has 0 spiro atoms. The van der Waals surface area contributed by atoms with Gasteiger partial charge >= 0.3 is 0 Å². The van der Waals surface area contributed by atoms with E-state index in [-0.39, 0.29) is 24.5 Å². The molecule has 0 unspecified atom stereocenters. The number of hydrogen-bond acceptors (Lipinski definition) is 4. The zero-order valence-electron chi connectivity index (χ0n) is 16.8. The normalized spacial score (nSPS) is 19.0. The topological polar surface area (TPSA) is 95.8 Å². The number of aryl methyl sites for hydroxylation is 3. The molecule has 0 radical (unpaired) electrons. The maximum atomic E-state index is 12.6. The van der Waals surface area contributed by atoms with Gasteiger partial charge in [0.2, 0.25) is 5.91 Å². The van der Waals surface area contributed by atoms with Crippen LogP contribution in [-0.4, -0.2) is 36.8 Å². The monoisotopic (exact) mass is 381 g/mol. The van der Waals surface area contributed by atoms with Crippen molar-refractivity contribution in [1.82, 2.24) is 25.1 Å². The van der Waals surface area contributed by atoms with Gasteiger partial charge in [0.15, 0.2) is 5.82 Å². The Morgan fingerprint density at radius 1 is 1.29 bits per heavy atom. The van der Waals surface area contributed by atoms with Gasteiger partial charge in [0.1, 0.15) is 12.4 Å². The number of aromatic amines is 1. The summed E-state index contributed by atoms with van der Waals surface area (Å²) in [6.45, 7) is 6.10. The Kier molecular flexibility index (Phi) is 4.71. The summed E-state index contributed by atoms with van der Waals surface area (Å²) in [5.41, 5.74) is 5.67. The summed E-state index contributed by atoms with van der Waals surface area (Å²) in [6.07, 6.45) is 2.09. The number of H-pyrrole nitrogens is 1. The third-order valence-corrected chi connectivity index (χ3v) is 5.92. The van der Waals surface area contributed by atoms with Crippen LogP contribution in [0.25, 0.3) is 10.9 Å². The van der Waals surface area contributed by atoms with E-state index in [1.54, 1.807) is 0 Å². The van der Waals surface area contributed by atoms with E-state index in [1.807, 2.05) is 18.5 Å². The van der Waals surface area contributed by atoms with Gasteiger partial charge in [-0.05, 0) is 50.8 Å². The maximum absolute atomic E-state index is 12.6. The van der Waals surface area contributed by atoms with Crippen molar-refractivity contribution in [3.05, 3.63) is 46.2 Å². The van der Waals surface area contributed by atoms with E-state index in [0.717, 1.165) is 40.8 Å². The fourth-order valence-electron chi connectivity index (χ4n) is 4.32.